The molecule has 1 aromatic rings. The van der Waals surface area contributed by atoms with Gasteiger partial charge in [-0.15, -0.1) is 0 Å². The van der Waals surface area contributed by atoms with Gasteiger partial charge in [0.15, 0.2) is 5.82 Å². The summed E-state index contributed by atoms with van der Waals surface area (Å²) in [5, 5.41) is 10.3. The van der Waals surface area contributed by atoms with Gasteiger partial charge in [-0.3, -0.25) is 5.10 Å². The Morgan fingerprint density at radius 3 is 2.62 bits per heavy atom. The first-order chi connectivity index (χ1) is 10.2. The topological polar surface area (TPSA) is 73.9 Å². The first-order valence-corrected chi connectivity index (χ1v) is 8.14. The molecule has 0 atom stereocenters. The highest BCUT2D eigenvalue weighted by Gasteiger charge is 2.26. The van der Waals surface area contributed by atoms with Crippen molar-refractivity contribution in [3.05, 3.63) is 11.6 Å². The summed E-state index contributed by atoms with van der Waals surface area (Å²) < 4.78 is 0. The Kier molecular flexibility index (Phi) is 4.41. The summed E-state index contributed by atoms with van der Waals surface area (Å²) >= 11 is 0. The van der Waals surface area contributed by atoms with Crippen LogP contribution in [0.5, 0.6) is 0 Å². The quantitative estimate of drug-likeness (QED) is 0.894. The van der Waals surface area contributed by atoms with E-state index < -0.39 is 0 Å². The average molecular weight is 291 g/mol. The molecular formula is C15H25N5O. The Bertz CT molecular complexity index is 472. The van der Waals surface area contributed by atoms with Crippen LogP contribution in [0.4, 0.5) is 4.79 Å². The van der Waals surface area contributed by atoms with Gasteiger partial charge < -0.3 is 10.2 Å². The third kappa shape index (κ3) is 3.74. The minimum absolute atomic E-state index is 0.133. The summed E-state index contributed by atoms with van der Waals surface area (Å²) in [5.74, 6) is 2.37. The molecule has 21 heavy (non-hydrogen) atoms. The van der Waals surface area contributed by atoms with E-state index in [2.05, 4.69) is 20.5 Å². The largest absolute Gasteiger partial charge is 0.335 e. The number of aromatic nitrogens is 3. The van der Waals surface area contributed by atoms with Gasteiger partial charge in [0.1, 0.15) is 5.82 Å². The van der Waals surface area contributed by atoms with Crippen LogP contribution in [-0.2, 0) is 6.42 Å². The number of carbonyl (C=O) groups is 1. The van der Waals surface area contributed by atoms with Crippen LogP contribution in [0.25, 0.3) is 0 Å². The number of H-pyrrole nitrogens is 1. The minimum atomic E-state index is 0.133. The molecule has 0 bridgehead atoms. The lowest BCUT2D eigenvalue weighted by atomic mass is 9.93. The third-order valence-electron chi connectivity index (χ3n) is 4.70. The highest BCUT2D eigenvalue weighted by atomic mass is 16.2. The number of hydrogen-bond donors (Lipinski definition) is 2. The number of piperidine rings is 1. The molecule has 6 nitrogen and oxygen atoms in total. The van der Waals surface area contributed by atoms with E-state index in [1.54, 1.807) is 0 Å². The van der Waals surface area contributed by atoms with Gasteiger partial charge >= 0.3 is 6.03 Å². The molecule has 2 amide bonds. The van der Waals surface area contributed by atoms with Gasteiger partial charge in [0.25, 0.3) is 0 Å². The van der Waals surface area contributed by atoms with E-state index >= 15 is 0 Å². The Morgan fingerprint density at radius 1 is 1.29 bits per heavy atom. The first kappa shape index (κ1) is 14.4. The molecule has 0 aromatic carbocycles. The predicted molar refractivity (Wildman–Crippen MR) is 79.9 cm³/mol. The lowest BCUT2D eigenvalue weighted by molar-refractivity contribution is 0.166. The minimum Gasteiger partial charge on any atom is -0.335 e. The van der Waals surface area contributed by atoms with Gasteiger partial charge in [0, 0.05) is 25.6 Å². The van der Waals surface area contributed by atoms with Crippen LogP contribution in [0.3, 0.4) is 0 Å². The summed E-state index contributed by atoms with van der Waals surface area (Å²) in [6.45, 7) is 3.63. The van der Waals surface area contributed by atoms with Gasteiger partial charge in [-0.1, -0.05) is 12.8 Å². The number of hydrogen-bond acceptors (Lipinski definition) is 3. The fourth-order valence-electron chi connectivity index (χ4n) is 3.41. The van der Waals surface area contributed by atoms with Crippen LogP contribution in [0.2, 0.25) is 0 Å². The van der Waals surface area contributed by atoms with Crippen molar-refractivity contribution in [3.63, 3.8) is 0 Å². The van der Waals surface area contributed by atoms with Crippen LogP contribution in [-0.4, -0.2) is 45.2 Å². The van der Waals surface area contributed by atoms with E-state index in [0.29, 0.717) is 12.0 Å². The number of aromatic amines is 1. The van der Waals surface area contributed by atoms with E-state index in [1.807, 2.05) is 11.8 Å². The monoisotopic (exact) mass is 291 g/mol. The molecule has 0 spiro atoms. The SMILES string of the molecule is Cc1nc(CC2CCN(C(=O)NC3CCCC3)CC2)n[nH]1. The first-order valence-electron chi connectivity index (χ1n) is 8.14. The molecule has 0 radical (unpaired) electrons. The molecule has 116 valence electrons. The van der Waals surface area contributed by atoms with E-state index in [4.69, 9.17) is 0 Å². The summed E-state index contributed by atoms with van der Waals surface area (Å²) in [4.78, 5) is 18.5. The molecular weight excluding hydrogens is 266 g/mol. The zero-order valence-electron chi connectivity index (χ0n) is 12.8. The van der Waals surface area contributed by atoms with E-state index in [0.717, 1.165) is 56.8 Å². The van der Waals surface area contributed by atoms with Crippen molar-refractivity contribution in [1.82, 2.24) is 25.4 Å². The van der Waals surface area contributed by atoms with Gasteiger partial charge in [0.2, 0.25) is 0 Å². The number of amides is 2. The molecule has 1 aliphatic carbocycles. The van der Waals surface area contributed by atoms with Gasteiger partial charge in [-0.05, 0) is 38.5 Å². The van der Waals surface area contributed by atoms with Crippen molar-refractivity contribution in [2.75, 3.05) is 13.1 Å². The maximum atomic E-state index is 12.2. The maximum Gasteiger partial charge on any atom is 0.317 e. The van der Waals surface area contributed by atoms with Crippen molar-refractivity contribution in [3.8, 4) is 0 Å². The van der Waals surface area contributed by atoms with Crippen molar-refractivity contribution >= 4 is 6.03 Å². The average Bonchev–Trinajstić information content (AvgIpc) is 3.12. The van der Waals surface area contributed by atoms with Crippen LogP contribution >= 0.6 is 0 Å². The number of carbonyl (C=O) groups excluding carboxylic acids is 1. The smallest absolute Gasteiger partial charge is 0.317 e. The molecule has 2 fully saturated rings. The Morgan fingerprint density at radius 2 is 2.00 bits per heavy atom. The van der Waals surface area contributed by atoms with Gasteiger partial charge in [0.05, 0.1) is 0 Å². The normalized spacial score (nSPS) is 20.9. The fourth-order valence-corrected chi connectivity index (χ4v) is 3.41. The van der Waals surface area contributed by atoms with Crippen LogP contribution in [0.1, 0.15) is 50.2 Å². The molecule has 1 saturated heterocycles. The van der Waals surface area contributed by atoms with Gasteiger partial charge in [-0.2, -0.15) is 5.10 Å². The molecule has 2 N–H and O–H groups in total. The van der Waals surface area contributed by atoms with Crippen molar-refractivity contribution in [2.24, 2.45) is 5.92 Å². The summed E-state index contributed by atoms with van der Waals surface area (Å²) in [7, 11) is 0. The molecule has 1 aromatic heterocycles. The zero-order chi connectivity index (χ0) is 14.7. The second-order valence-electron chi connectivity index (χ2n) is 6.40. The fraction of sp³-hybridized carbons (Fsp3) is 0.800. The van der Waals surface area contributed by atoms with Crippen LogP contribution in [0.15, 0.2) is 0 Å². The number of aryl methyl sites for hydroxylation is 1. The van der Waals surface area contributed by atoms with Gasteiger partial charge in [-0.25, -0.2) is 9.78 Å². The third-order valence-corrected chi connectivity index (χ3v) is 4.70. The highest BCUT2D eigenvalue weighted by molar-refractivity contribution is 5.74. The second-order valence-corrected chi connectivity index (χ2v) is 6.40. The van der Waals surface area contributed by atoms with Crippen molar-refractivity contribution < 1.29 is 4.79 Å². The van der Waals surface area contributed by atoms with Crippen molar-refractivity contribution in [2.45, 2.75) is 57.9 Å². The predicted octanol–water partition coefficient (Wildman–Crippen LogP) is 2.02. The molecule has 2 heterocycles. The Labute approximate surface area is 125 Å². The molecule has 1 saturated carbocycles. The number of nitrogens with zero attached hydrogens (tertiary/aromatic N) is 3. The highest BCUT2D eigenvalue weighted by Crippen LogP contribution is 2.22. The van der Waals surface area contributed by atoms with E-state index in [-0.39, 0.29) is 6.03 Å². The number of rotatable bonds is 3. The Balaban J connectivity index is 1.42. The number of urea groups is 1. The maximum absolute atomic E-state index is 12.2. The standard InChI is InChI=1S/C15H25N5O/c1-11-16-14(19-18-11)10-12-6-8-20(9-7-12)15(21)17-13-4-2-3-5-13/h12-13H,2-10H2,1H3,(H,17,21)(H,16,18,19). The zero-order valence-corrected chi connectivity index (χ0v) is 12.8. The molecule has 1 aliphatic heterocycles. The molecule has 6 heteroatoms. The second kappa shape index (κ2) is 6.45. The summed E-state index contributed by atoms with van der Waals surface area (Å²) in [6, 6.07) is 0.542. The number of nitrogens with one attached hydrogen (secondary N) is 2. The molecule has 2 aliphatic rings. The summed E-state index contributed by atoms with van der Waals surface area (Å²) in [5.41, 5.74) is 0. The summed E-state index contributed by atoms with van der Waals surface area (Å²) in [6.07, 6.45) is 7.81. The Hall–Kier alpha value is -1.59. The molecule has 0 unspecified atom stereocenters. The molecule has 3 rings (SSSR count). The van der Waals surface area contributed by atoms with Crippen molar-refractivity contribution in [1.29, 1.82) is 0 Å². The number of likely N-dealkylation sites (tertiary alicyclic amines) is 1. The van der Waals surface area contributed by atoms with Crippen LogP contribution in [0, 0.1) is 12.8 Å². The lowest BCUT2D eigenvalue weighted by Crippen LogP contribution is -2.47. The van der Waals surface area contributed by atoms with Crippen LogP contribution < -0.4 is 5.32 Å². The van der Waals surface area contributed by atoms with E-state index in [9.17, 15) is 4.79 Å². The lowest BCUT2D eigenvalue weighted by Gasteiger charge is -2.32. The van der Waals surface area contributed by atoms with E-state index in [1.165, 1.54) is 12.8 Å².